The normalized spacial score (nSPS) is 30.3. The first-order valence-electron chi connectivity index (χ1n) is 6.06. The third-order valence-electron chi connectivity index (χ3n) is 3.82. The fraction of sp³-hybridized carbons (Fsp3) is 0.917. The SMILES string of the molecule is O=C(O)CC1CCOC2(CCCCC2)C1. The van der Waals surface area contributed by atoms with E-state index in [-0.39, 0.29) is 5.60 Å². The zero-order chi connectivity index (χ0) is 10.7. The van der Waals surface area contributed by atoms with Crippen LogP contribution in [0.1, 0.15) is 51.4 Å². The summed E-state index contributed by atoms with van der Waals surface area (Å²) in [5.41, 5.74) is 0.0522. The maximum atomic E-state index is 10.7. The number of carboxylic acids is 1. The molecule has 3 nitrogen and oxygen atoms in total. The smallest absolute Gasteiger partial charge is 0.303 e. The predicted octanol–water partition coefficient (Wildman–Crippen LogP) is 2.59. The van der Waals surface area contributed by atoms with Gasteiger partial charge in [0.2, 0.25) is 0 Å². The molecule has 15 heavy (non-hydrogen) atoms. The molecular weight excluding hydrogens is 192 g/mol. The average molecular weight is 212 g/mol. The van der Waals surface area contributed by atoms with Crippen LogP contribution in [0.15, 0.2) is 0 Å². The van der Waals surface area contributed by atoms with Crippen molar-refractivity contribution in [3.8, 4) is 0 Å². The fourth-order valence-corrected chi connectivity index (χ4v) is 3.09. The minimum absolute atomic E-state index is 0.0522. The third-order valence-corrected chi connectivity index (χ3v) is 3.82. The van der Waals surface area contributed by atoms with E-state index < -0.39 is 5.97 Å². The second-order valence-electron chi connectivity index (χ2n) is 5.05. The second-order valence-corrected chi connectivity index (χ2v) is 5.05. The van der Waals surface area contributed by atoms with Gasteiger partial charge in [-0.05, 0) is 31.6 Å². The number of aliphatic carboxylic acids is 1. The Labute approximate surface area is 90.8 Å². The van der Waals surface area contributed by atoms with Gasteiger partial charge in [0.15, 0.2) is 0 Å². The van der Waals surface area contributed by atoms with Crippen LogP contribution in [0.2, 0.25) is 0 Å². The van der Waals surface area contributed by atoms with E-state index in [9.17, 15) is 4.79 Å². The van der Waals surface area contributed by atoms with Gasteiger partial charge in [0.05, 0.1) is 5.60 Å². The van der Waals surface area contributed by atoms with E-state index in [2.05, 4.69) is 0 Å². The van der Waals surface area contributed by atoms with Crippen molar-refractivity contribution in [2.45, 2.75) is 57.0 Å². The Bertz CT molecular complexity index is 226. The van der Waals surface area contributed by atoms with Crippen LogP contribution < -0.4 is 0 Å². The standard InChI is InChI=1S/C12H20O3/c13-11(14)8-10-4-7-15-12(9-10)5-2-1-3-6-12/h10H,1-9H2,(H,13,14). The van der Waals surface area contributed by atoms with Gasteiger partial charge in [0.25, 0.3) is 0 Å². The highest BCUT2D eigenvalue weighted by molar-refractivity contribution is 5.67. The first kappa shape index (κ1) is 10.9. The lowest BCUT2D eigenvalue weighted by molar-refractivity contribution is -0.144. The molecule has 1 saturated carbocycles. The Morgan fingerprint density at radius 2 is 2.07 bits per heavy atom. The molecule has 1 heterocycles. The largest absolute Gasteiger partial charge is 0.481 e. The summed E-state index contributed by atoms with van der Waals surface area (Å²) in [5.74, 6) is -0.317. The minimum atomic E-state index is -0.659. The molecule has 3 heteroatoms. The highest BCUT2D eigenvalue weighted by Crippen LogP contribution is 2.41. The molecule has 1 aliphatic carbocycles. The van der Waals surface area contributed by atoms with E-state index in [4.69, 9.17) is 9.84 Å². The molecule has 1 spiro atoms. The van der Waals surface area contributed by atoms with Crippen LogP contribution in [0.5, 0.6) is 0 Å². The Morgan fingerprint density at radius 1 is 1.33 bits per heavy atom. The summed E-state index contributed by atoms with van der Waals surface area (Å²) in [6.07, 6.45) is 8.32. The summed E-state index contributed by atoms with van der Waals surface area (Å²) in [4.78, 5) is 10.7. The van der Waals surface area contributed by atoms with Gasteiger partial charge in [-0.25, -0.2) is 0 Å². The van der Waals surface area contributed by atoms with Crippen molar-refractivity contribution in [2.75, 3.05) is 6.61 Å². The van der Waals surface area contributed by atoms with Crippen LogP contribution in [-0.2, 0) is 9.53 Å². The Balaban J connectivity index is 1.93. The van der Waals surface area contributed by atoms with E-state index >= 15 is 0 Å². The molecule has 0 bridgehead atoms. The maximum absolute atomic E-state index is 10.7. The number of rotatable bonds is 2. The molecule has 0 aromatic rings. The molecule has 1 atom stereocenters. The maximum Gasteiger partial charge on any atom is 0.303 e. The summed E-state index contributed by atoms with van der Waals surface area (Å²) < 4.78 is 5.93. The van der Waals surface area contributed by atoms with Gasteiger partial charge in [-0.15, -0.1) is 0 Å². The Morgan fingerprint density at radius 3 is 2.73 bits per heavy atom. The van der Waals surface area contributed by atoms with E-state index in [1.807, 2.05) is 0 Å². The van der Waals surface area contributed by atoms with Gasteiger partial charge in [0.1, 0.15) is 0 Å². The molecule has 0 radical (unpaired) electrons. The summed E-state index contributed by atoms with van der Waals surface area (Å²) in [7, 11) is 0. The zero-order valence-electron chi connectivity index (χ0n) is 9.21. The predicted molar refractivity (Wildman–Crippen MR) is 56.7 cm³/mol. The average Bonchev–Trinajstić information content (AvgIpc) is 2.17. The lowest BCUT2D eigenvalue weighted by Gasteiger charge is -2.43. The molecule has 86 valence electrons. The summed E-state index contributed by atoms with van der Waals surface area (Å²) >= 11 is 0. The van der Waals surface area contributed by atoms with Gasteiger partial charge >= 0.3 is 5.97 Å². The topological polar surface area (TPSA) is 46.5 Å². The molecule has 0 aromatic carbocycles. The number of carboxylic acid groups (broad SMARTS) is 1. The van der Waals surface area contributed by atoms with E-state index in [0.717, 1.165) is 32.3 Å². The molecule has 0 aromatic heterocycles. The first-order chi connectivity index (χ1) is 7.20. The zero-order valence-corrected chi connectivity index (χ0v) is 9.21. The van der Waals surface area contributed by atoms with E-state index in [0.29, 0.717) is 12.3 Å². The molecule has 1 aliphatic heterocycles. The van der Waals surface area contributed by atoms with Crippen molar-refractivity contribution in [3.05, 3.63) is 0 Å². The molecule has 2 aliphatic rings. The molecule has 1 saturated heterocycles. The van der Waals surface area contributed by atoms with Crippen LogP contribution in [0.3, 0.4) is 0 Å². The van der Waals surface area contributed by atoms with Gasteiger partial charge in [-0.2, -0.15) is 0 Å². The summed E-state index contributed by atoms with van der Waals surface area (Å²) in [6, 6.07) is 0. The van der Waals surface area contributed by atoms with Crippen LogP contribution in [0.4, 0.5) is 0 Å². The van der Waals surface area contributed by atoms with Gasteiger partial charge in [0, 0.05) is 13.0 Å². The molecule has 2 fully saturated rings. The van der Waals surface area contributed by atoms with Crippen LogP contribution >= 0.6 is 0 Å². The number of carbonyl (C=O) groups is 1. The van der Waals surface area contributed by atoms with Gasteiger partial charge in [-0.3, -0.25) is 4.79 Å². The molecule has 0 amide bonds. The lowest BCUT2D eigenvalue weighted by atomic mass is 9.75. The van der Waals surface area contributed by atoms with E-state index in [1.54, 1.807) is 0 Å². The lowest BCUT2D eigenvalue weighted by Crippen LogP contribution is -2.41. The van der Waals surface area contributed by atoms with Crippen LogP contribution in [-0.4, -0.2) is 23.3 Å². The molecular formula is C12H20O3. The molecule has 2 rings (SSSR count). The van der Waals surface area contributed by atoms with Crippen molar-refractivity contribution >= 4 is 5.97 Å². The van der Waals surface area contributed by atoms with Crippen molar-refractivity contribution in [2.24, 2.45) is 5.92 Å². The minimum Gasteiger partial charge on any atom is -0.481 e. The Kier molecular flexibility index (Phi) is 3.29. The number of hydrogen-bond donors (Lipinski definition) is 1. The highest BCUT2D eigenvalue weighted by Gasteiger charge is 2.38. The van der Waals surface area contributed by atoms with Crippen molar-refractivity contribution in [3.63, 3.8) is 0 Å². The summed E-state index contributed by atoms with van der Waals surface area (Å²) in [5, 5.41) is 8.81. The number of hydrogen-bond acceptors (Lipinski definition) is 2. The second kappa shape index (κ2) is 4.52. The molecule has 1 N–H and O–H groups in total. The monoisotopic (exact) mass is 212 g/mol. The van der Waals surface area contributed by atoms with Crippen molar-refractivity contribution < 1.29 is 14.6 Å². The van der Waals surface area contributed by atoms with Crippen LogP contribution in [0.25, 0.3) is 0 Å². The summed E-state index contributed by atoms with van der Waals surface area (Å²) in [6.45, 7) is 0.762. The number of ether oxygens (including phenoxy) is 1. The quantitative estimate of drug-likeness (QED) is 0.765. The fourth-order valence-electron chi connectivity index (χ4n) is 3.09. The van der Waals surface area contributed by atoms with Gasteiger partial charge in [-0.1, -0.05) is 19.3 Å². The third kappa shape index (κ3) is 2.71. The van der Waals surface area contributed by atoms with Crippen molar-refractivity contribution in [1.82, 2.24) is 0 Å². The molecule has 1 unspecified atom stereocenters. The van der Waals surface area contributed by atoms with E-state index in [1.165, 1.54) is 19.3 Å². The van der Waals surface area contributed by atoms with Crippen LogP contribution in [0, 0.1) is 5.92 Å². The first-order valence-corrected chi connectivity index (χ1v) is 6.06. The van der Waals surface area contributed by atoms with Gasteiger partial charge < -0.3 is 9.84 Å². The Hall–Kier alpha value is -0.570. The van der Waals surface area contributed by atoms with Crippen molar-refractivity contribution in [1.29, 1.82) is 0 Å². The highest BCUT2D eigenvalue weighted by atomic mass is 16.5.